The highest BCUT2D eigenvalue weighted by molar-refractivity contribution is 5.94. The van der Waals surface area contributed by atoms with Gasteiger partial charge in [0.15, 0.2) is 0 Å². The average molecular weight is 445 g/mol. The fourth-order valence-electron chi connectivity index (χ4n) is 4.25. The van der Waals surface area contributed by atoms with Gasteiger partial charge in [-0.15, -0.1) is 0 Å². The van der Waals surface area contributed by atoms with Crippen LogP contribution in [-0.2, 0) is 15.1 Å². The topological polar surface area (TPSA) is 70.1 Å². The van der Waals surface area contributed by atoms with Crippen molar-refractivity contribution in [3.8, 4) is 11.5 Å². The van der Waals surface area contributed by atoms with Crippen LogP contribution in [0.3, 0.4) is 0 Å². The highest BCUT2D eigenvalue weighted by Crippen LogP contribution is 2.45. The number of halogens is 1. The van der Waals surface area contributed by atoms with Gasteiger partial charge in [-0.2, -0.15) is 0 Å². The van der Waals surface area contributed by atoms with Gasteiger partial charge < -0.3 is 23.8 Å². The first kappa shape index (κ1) is 22.5. The van der Waals surface area contributed by atoms with Gasteiger partial charge >= 0.3 is 0 Å². The SMILES string of the molecule is COc1cccnc1[C@]12CCN(C(=O)c3ccc(OCC(C)(C)F)c(C)c3)CC1OCO2. The predicted molar refractivity (Wildman–Crippen MR) is 116 cm³/mol. The number of piperidine rings is 1. The third-order valence-corrected chi connectivity index (χ3v) is 5.92. The van der Waals surface area contributed by atoms with Gasteiger partial charge in [0.25, 0.3) is 5.91 Å². The van der Waals surface area contributed by atoms with Crippen LogP contribution in [0.2, 0.25) is 0 Å². The molecule has 2 atom stereocenters. The Morgan fingerprint density at radius 3 is 2.88 bits per heavy atom. The van der Waals surface area contributed by atoms with E-state index in [2.05, 4.69) is 4.98 Å². The van der Waals surface area contributed by atoms with Gasteiger partial charge in [0.1, 0.15) is 48.0 Å². The molecule has 1 unspecified atom stereocenters. The van der Waals surface area contributed by atoms with E-state index in [0.29, 0.717) is 42.3 Å². The molecule has 1 aromatic heterocycles. The van der Waals surface area contributed by atoms with Crippen molar-refractivity contribution >= 4 is 5.91 Å². The first-order valence-electron chi connectivity index (χ1n) is 10.7. The van der Waals surface area contributed by atoms with Gasteiger partial charge in [-0.1, -0.05) is 0 Å². The maximum absolute atomic E-state index is 13.7. The number of fused-ring (bicyclic) bond motifs is 1. The summed E-state index contributed by atoms with van der Waals surface area (Å²) in [5, 5.41) is 0. The molecule has 172 valence electrons. The van der Waals surface area contributed by atoms with Crippen molar-refractivity contribution in [2.45, 2.75) is 44.6 Å². The minimum atomic E-state index is -1.43. The van der Waals surface area contributed by atoms with E-state index in [1.165, 1.54) is 13.8 Å². The van der Waals surface area contributed by atoms with Crippen LogP contribution in [0.1, 0.15) is 41.9 Å². The lowest BCUT2D eigenvalue weighted by molar-refractivity contribution is -0.0484. The number of methoxy groups -OCH3 is 1. The molecule has 32 heavy (non-hydrogen) atoms. The second-order valence-electron chi connectivity index (χ2n) is 8.85. The summed E-state index contributed by atoms with van der Waals surface area (Å²) >= 11 is 0. The number of nitrogens with zero attached hydrogens (tertiary/aromatic N) is 2. The maximum Gasteiger partial charge on any atom is 0.253 e. The highest BCUT2D eigenvalue weighted by atomic mass is 19.1. The van der Waals surface area contributed by atoms with E-state index >= 15 is 0 Å². The van der Waals surface area contributed by atoms with Crippen LogP contribution < -0.4 is 9.47 Å². The molecule has 2 saturated heterocycles. The summed E-state index contributed by atoms with van der Waals surface area (Å²) < 4.78 is 36.7. The number of alkyl halides is 1. The summed E-state index contributed by atoms with van der Waals surface area (Å²) in [6.07, 6.45) is 1.90. The monoisotopic (exact) mass is 444 g/mol. The number of hydrogen-bond acceptors (Lipinski definition) is 6. The fourth-order valence-corrected chi connectivity index (χ4v) is 4.25. The van der Waals surface area contributed by atoms with E-state index in [4.69, 9.17) is 18.9 Å². The normalized spacial score (nSPS) is 23.0. The predicted octanol–water partition coefficient (Wildman–Crippen LogP) is 3.64. The summed E-state index contributed by atoms with van der Waals surface area (Å²) in [5.74, 6) is 1.12. The van der Waals surface area contributed by atoms with E-state index in [9.17, 15) is 9.18 Å². The van der Waals surface area contributed by atoms with E-state index in [-0.39, 0.29) is 25.4 Å². The molecule has 3 heterocycles. The van der Waals surface area contributed by atoms with Crippen LogP contribution in [0.25, 0.3) is 0 Å². The number of amides is 1. The first-order valence-corrected chi connectivity index (χ1v) is 10.7. The van der Waals surface area contributed by atoms with Crippen molar-refractivity contribution in [3.63, 3.8) is 0 Å². The number of aryl methyl sites for hydroxylation is 1. The minimum absolute atomic E-state index is 0.0503. The number of aromatic nitrogens is 1. The van der Waals surface area contributed by atoms with E-state index in [1.54, 1.807) is 36.4 Å². The molecular formula is C24H29FN2O5. The Balaban J connectivity index is 1.50. The zero-order valence-corrected chi connectivity index (χ0v) is 18.9. The second kappa shape index (κ2) is 8.67. The van der Waals surface area contributed by atoms with Gasteiger partial charge in [-0.3, -0.25) is 9.78 Å². The molecule has 1 aromatic carbocycles. The number of ether oxygens (including phenoxy) is 4. The molecule has 2 aromatic rings. The molecule has 0 radical (unpaired) electrons. The summed E-state index contributed by atoms with van der Waals surface area (Å²) in [6, 6.07) is 8.87. The number of pyridine rings is 1. The zero-order valence-electron chi connectivity index (χ0n) is 18.9. The van der Waals surface area contributed by atoms with Crippen LogP contribution in [0.4, 0.5) is 4.39 Å². The molecule has 1 amide bonds. The molecule has 7 nitrogen and oxygen atoms in total. The molecule has 0 N–H and O–H groups in total. The van der Waals surface area contributed by atoms with Crippen LogP contribution in [0.5, 0.6) is 11.5 Å². The lowest BCUT2D eigenvalue weighted by Crippen LogP contribution is -2.54. The highest BCUT2D eigenvalue weighted by Gasteiger charge is 2.53. The molecule has 8 heteroatoms. The van der Waals surface area contributed by atoms with Gasteiger partial charge in [-0.25, -0.2) is 4.39 Å². The van der Waals surface area contributed by atoms with Gasteiger partial charge in [0.05, 0.1) is 13.7 Å². The number of carbonyl (C=O) groups is 1. The third-order valence-electron chi connectivity index (χ3n) is 5.92. The average Bonchev–Trinajstić information content (AvgIpc) is 3.21. The second-order valence-corrected chi connectivity index (χ2v) is 8.85. The van der Waals surface area contributed by atoms with Crippen LogP contribution in [0.15, 0.2) is 36.5 Å². The van der Waals surface area contributed by atoms with Crippen LogP contribution in [-0.4, -0.2) is 61.2 Å². The largest absolute Gasteiger partial charge is 0.495 e. The Morgan fingerprint density at radius 1 is 1.34 bits per heavy atom. The Kier molecular flexibility index (Phi) is 6.09. The summed E-state index contributed by atoms with van der Waals surface area (Å²) in [5.41, 5.74) is -0.136. The van der Waals surface area contributed by atoms with E-state index in [0.717, 1.165) is 5.56 Å². The summed E-state index contributed by atoms with van der Waals surface area (Å²) in [6.45, 7) is 5.74. The number of carbonyl (C=O) groups excluding carboxylic acids is 1. The van der Waals surface area contributed by atoms with Crippen molar-refractivity contribution in [1.29, 1.82) is 0 Å². The molecular weight excluding hydrogens is 415 g/mol. The number of rotatable bonds is 6. The zero-order chi connectivity index (χ0) is 22.9. The van der Waals surface area contributed by atoms with Gasteiger partial charge in [-0.05, 0) is 56.7 Å². The Morgan fingerprint density at radius 2 is 2.16 bits per heavy atom. The molecule has 4 rings (SSSR count). The standard InChI is InChI=1S/C24H29FN2O5/c1-16-12-17(7-8-18(16)30-14-23(2,3)25)22(28)27-11-9-24(20(13-27)31-15-32-24)21-19(29-4)6-5-10-26-21/h5-8,10,12,20H,9,11,13-15H2,1-4H3/t20?,24-/m0/s1. The number of benzene rings is 1. The number of hydrogen-bond donors (Lipinski definition) is 0. The molecule has 2 fully saturated rings. The van der Waals surface area contributed by atoms with Crippen molar-refractivity contribution in [3.05, 3.63) is 53.3 Å². The number of likely N-dealkylation sites (tertiary alicyclic amines) is 1. The third kappa shape index (κ3) is 4.29. The van der Waals surface area contributed by atoms with E-state index in [1.807, 2.05) is 19.1 Å². The van der Waals surface area contributed by atoms with Crippen molar-refractivity contribution in [1.82, 2.24) is 9.88 Å². The Labute approximate surface area is 187 Å². The minimum Gasteiger partial charge on any atom is -0.495 e. The molecule has 2 aliphatic rings. The van der Waals surface area contributed by atoms with Crippen LogP contribution >= 0.6 is 0 Å². The fraction of sp³-hybridized carbons (Fsp3) is 0.500. The van der Waals surface area contributed by atoms with Crippen molar-refractivity contribution in [2.24, 2.45) is 0 Å². The maximum atomic E-state index is 13.7. The van der Waals surface area contributed by atoms with Crippen LogP contribution in [0, 0.1) is 6.92 Å². The van der Waals surface area contributed by atoms with Crippen molar-refractivity contribution in [2.75, 3.05) is 33.6 Å². The first-order chi connectivity index (χ1) is 15.2. The molecule has 0 saturated carbocycles. The van der Waals surface area contributed by atoms with Gasteiger partial charge in [0, 0.05) is 24.7 Å². The smallest absolute Gasteiger partial charge is 0.253 e. The van der Waals surface area contributed by atoms with Crippen molar-refractivity contribution < 1.29 is 28.1 Å². The molecule has 0 bridgehead atoms. The Bertz CT molecular complexity index is 993. The van der Waals surface area contributed by atoms with E-state index < -0.39 is 11.3 Å². The lowest BCUT2D eigenvalue weighted by Gasteiger charge is -2.41. The summed E-state index contributed by atoms with van der Waals surface area (Å²) in [4.78, 5) is 19.5. The Hall–Kier alpha value is -2.71. The lowest BCUT2D eigenvalue weighted by atomic mass is 9.84. The summed E-state index contributed by atoms with van der Waals surface area (Å²) in [7, 11) is 1.60. The molecule has 0 spiro atoms. The molecule has 0 aliphatic carbocycles. The quantitative estimate of drug-likeness (QED) is 0.678. The molecule has 2 aliphatic heterocycles. The van der Waals surface area contributed by atoms with Gasteiger partial charge in [0.2, 0.25) is 0 Å².